The topological polar surface area (TPSA) is 66.5 Å². The average molecular weight is 487 g/mol. The molecular formula is C21H18F4N2O3S2. The van der Waals surface area contributed by atoms with Gasteiger partial charge >= 0.3 is 6.18 Å². The van der Waals surface area contributed by atoms with Gasteiger partial charge in [0.2, 0.25) is 15.9 Å². The van der Waals surface area contributed by atoms with E-state index in [0.29, 0.717) is 15.9 Å². The first-order valence-electron chi connectivity index (χ1n) is 9.27. The van der Waals surface area contributed by atoms with Crippen molar-refractivity contribution >= 4 is 27.3 Å². The zero-order valence-electron chi connectivity index (χ0n) is 16.5. The first-order valence-corrected chi connectivity index (χ1v) is 11.6. The van der Waals surface area contributed by atoms with E-state index in [1.807, 2.05) is 0 Å². The fourth-order valence-electron chi connectivity index (χ4n) is 2.90. The summed E-state index contributed by atoms with van der Waals surface area (Å²) < 4.78 is 80.7. The summed E-state index contributed by atoms with van der Waals surface area (Å²) in [6.07, 6.45) is -4.91. The van der Waals surface area contributed by atoms with E-state index in [9.17, 15) is 30.8 Å². The third kappa shape index (κ3) is 5.93. The lowest BCUT2D eigenvalue weighted by atomic mass is 10.2. The van der Waals surface area contributed by atoms with E-state index in [1.54, 1.807) is 17.5 Å². The number of thiophene rings is 1. The number of halogens is 4. The molecule has 0 saturated carbocycles. The Hall–Kier alpha value is -2.76. The van der Waals surface area contributed by atoms with Crippen molar-refractivity contribution in [1.82, 2.24) is 9.62 Å². The van der Waals surface area contributed by atoms with Crippen molar-refractivity contribution in [3.8, 4) is 0 Å². The Balaban J connectivity index is 1.92. The largest absolute Gasteiger partial charge is 0.417 e. The Labute approximate surface area is 186 Å². The van der Waals surface area contributed by atoms with Crippen LogP contribution in [-0.2, 0) is 34.1 Å². The summed E-state index contributed by atoms with van der Waals surface area (Å²) in [7, 11) is -4.73. The fraction of sp³-hybridized carbons (Fsp3) is 0.190. The summed E-state index contributed by atoms with van der Waals surface area (Å²) in [5.41, 5.74) is -1.02. The van der Waals surface area contributed by atoms with Crippen LogP contribution in [0.5, 0.6) is 0 Å². The van der Waals surface area contributed by atoms with Gasteiger partial charge in [-0.3, -0.25) is 4.79 Å². The molecule has 2 aromatic carbocycles. The summed E-state index contributed by atoms with van der Waals surface area (Å²) in [6, 6.07) is 12.1. The summed E-state index contributed by atoms with van der Waals surface area (Å²) >= 11 is 1.39. The quantitative estimate of drug-likeness (QED) is 0.480. The molecule has 5 nitrogen and oxygen atoms in total. The van der Waals surface area contributed by atoms with E-state index < -0.39 is 51.5 Å². The zero-order chi connectivity index (χ0) is 23.4. The fourth-order valence-corrected chi connectivity index (χ4v) is 5.14. The van der Waals surface area contributed by atoms with Crippen LogP contribution < -0.4 is 5.32 Å². The maximum absolute atomic E-state index is 13.5. The third-order valence-corrected chi connectivity index (χ3v) is 7.17. The lowest BCUT2D eigenvalue weighted by molar-refractivity contribution is -0.139. The molecule has 11 heteroatoms. The van der Waals surface area contributed by atoms with Crippen molar-refractivity contribution < 1.29 is 30.8 Å². The van der Waals surface area contributed by atoms with Crippen LogP contribution in [0.1, 0.15) is 16.0 Å². The van der Waals surface area contributed by atoms with Gasteiger partial charge in [-0.05, 0) is 41.3 Å². The summed E-state index contributed by atoms with van der Waals surface area (Å²) in [5.74, 6) is -1.24. The van der Waals surface area contributed by atoms with Crippen molar-refractivity contribution in [3.63, 3.8) is 0 Å². The molecule has 1 amide bonds. The standard InChI is InChI=1S/C21H18F4N2O3S2/c22-16-9-7-15(8-10-16)13-27(14-20(28)26-12-17-4-3-11-31-17)32(29,30)19-6-2-1-5-18(19)21(23,24)25/h1-11H,12-14H2,(H,26,28). The highest BCUT2D eigenvalue weighted by Crippen LogP contribution is 2.35. The molecule has 0 aliphatic carbocycles. The van der Waals surface area contributed by atoms with Crippen LogP contribution in [-0.4, -0.2) is 25.2 Å². The number of benzene rings is 2. The van der Waals surface area contributed by atoms with Crippen molar-refractivity contribution in [3.05, 3.63) is 87.9 Å². The minimum atomic E-state index is -4.91. The number of rotatable bonds is 8. The van der Waals surface area contributed by atoms with Gasteiger partial charge in [0.25, 0.3) is 0 Å². The second kappa shape index (κ2) is 9.80. The first kappa shape index (κ1) is 23.9. The molecule has 0 spiro atoms. The van der Waals surface area contributed by atoms with Gasteiger partial charge in [-0.2, -0.15) is 17.5 Å². The molecule has 0 fully saturated rings. The van der Waals surface area contributed by atoms with Gasteiger partial charge in [0.15, 0.2) is 0 Å². The number of sulfonamides is 1. The number of nitrogens with zero attached hydrogens (tertiary/aromatic N) is 1. The zero-order valence-corrected chi connectivity index (χ0v) is 18.1. The van der Waals surface area contributed by atoms with Gasteiger partial charge in [0.1, 0.15) is 5.82 Å². The SMILES string of the molecule is O=C(CN(Cc1ccc(F)cc1)S(=O)(=O)c1ccccc1C(F)(F)F)NCc1cccs1. The van der Waals surface area contributed by atoms with E-state index in [-0.39, 0.29) is 6.54 Å². The van der Waals surface area contributed by atoms with Gasteiger partial charge < -0.3 is 5.32 Å². The molecule has 0 atom stereocenters. The van der Waals surface area contributed by atoms with E-state index >= 15 is 0 Å². The summed E-state index contributed by atoms with van der Waals surface area (Å²) in [5, 5.41) is 4.37. The van der Waals surface area contributed by atoms with Crippen LogP contribution in [0.4, 0.5) is 17.6 Å². The molecule has 0 unspecified atom stereocenters. The lowest BCUT2D eigenvalue weighted by Crippen LogP contribution is -2.40. The molecule has 0 aliphatic rings. The number of hydrogen-bond acceptors (Lipinski definition) is 4. The van der Waals surface area contributed by atoms with E-state index in [0.717, 1.165) is 29.1 Å². The van der Waals surface area contributed by atoms with Gasteiger partial charge in [0.05, 0.1) is 23.5 Å². The highest BCUT2D eigenvalue weighted by molar-refractivity contribution is 7.89. The molecule has 1 heterocycles. The number of alkyl halides is 3. The molecule has 3 aromatic rings. The number of hydrogen-bond donors (Lipinski definition) is 1. The molecule has 32 heavy (non-hydrogen) atoms. The minimum Gasteiger partial charge on any atom is -0.350 e. The van der Waals surface area contributed by atoms with Crippen molar-refractivity contribution in [2.45, 2.75) is 24.2 Å². The summed E-state index contributed by atoms with van der Waals surface area (Å²) in [6.45, 7) is -0.974. The second-order valence-corrected chi connectivity index (χ2v) is 9.69. The average Bonchev–Trinajstić information content (AvgIpc) is 3.26. The first-order chi connectivity index (χ1) is 15.1. The summed E-state index contributed by atoms with van der Waals surface area (Å²) in [4.78, 5) is 12.3. The number of nitrogens with one attached hydrogen (secondary N) is 1. The maximum atomic E-state index is 13.5. The van der Waals surface area contributed by atoms with Gasteiger partial charge in [-0.25, -0.2) is 12.8 Å². The van der Waals surface area contributed by atoms with Crippen molar-refractivity contribution in [2.24, 2.45) is 0 Å². The van der Waals surface area contributed by atoms with E-state index in [2.05, 4.69) is 5.32 Å². The monoisotopic (exact) mass is 486 g/mol. The lowest BCUT2D eigenvalue weighted by Gasteiger charge is -2.24. The highest BCUT2D eigenvalue weighted by atomic mass is 32.2. The minimum absolute atomic E-state index is 0.153. The Morgan fingerprint density at radius 2 is 1.69 bits per heavy atom. The molecule has 1 N–H and O–H groups in total. The Bertz CT molecular complexity index is 1160. The van der Waals surface area contributed by atoms with Gasteiger partial charge in [0, 0.05) is 11.4 Å². The van der Waals surface area contributed by atoms with E-state index in [1.165, 1.54) is 29.5 Å². The van der Waals surface area contributed by atoms with Crippen LogP contribution in [0, 0.1) is 5.82 Å². The highest BCUT2D eigenvalue weighted by Gasteiger charge is 2.39. The Morgan fingerprint density at radius 1 is 1.00 bits per heavy atom. The van der Waals surface area contributed by atoms with Crippen LogP contribution in [0.3, 0.4) is 0 Å². The van der Waals surface area contributed by atoms with Crippen molar-refractivity contribution in [1.29, 1.82) is 0 Å². The number of amides is 1. The Kier molecular flexibility index (Phi) is 7.32. The van der Waals surface area contributed by atoms with Crippen LogP contribution in [0.25, 0.3) is 0 Å². The predicted octanol–water partition coefficient (Wildman–Crippen LogP) is 4.41. The van der Waals surface area contributed by atoms with E-state index in [4.69, 9.17) is 0 Å². The maximum Gasteiger partial charge on any atom is 0.417 e. The predicted molar refractivity (Wildman–Crippen MR) is 112 cm³/mol. The molecule has 3 rings (SSSR count). The number of carbonyl (C=O) groups is 1. The Morgan fingerprint density at radius 3 is 2.31 bits per heavy atom. The number of carbonyl (C=O) groups excluding carboxylic acids is 1. The molecule has 0 bridgehead atoms. The van der Waals surface area contributed by atoms with Gasteiger partial charge in [-0.15, -0.1) is 11.3 Å². The van der Waals surface area contributed by atoms with Crippen LogP contribution in [0.2, 0.25) is 0 Å². The molecule has 0 aliphatic heterocycles. The third-order valence-electron chi connectivity index (χ3n) is 4.44. The van der Waals surface area contributed by atoms with Crippen molar-refractivity contribution in [2.75, 3.05) is 6.54 Å². The molecular weight excluding hydrogens is 468 g/mol. The smallest absolute Gasteiger partial charge is 0.350 e. The molecule has 1 aromatic heterocycles. The second-order valence-electron chi connectivity index (χ2n) is 6.75. The normalized spacial score (nSPS) is 12.2. The molecule has 0 saturated heterocycles. The molecule has 0 radical (unpaired) electrons. The van der Waals surface area contributed by atoms with Crippen LogP contribution in [0.15, 0.2) is 70.9 Å². The van der Waals surface area contributed by atoms with Crippen LogP contribution >= 0.6 is 11.3 Å². The van der Waals surface area contributed by atoms with Gasteiger partial charge in [-0.1, -0.05) is 30.3 Å². The molecule has 170 valence electrons.